The number of nitrogens with two attached hydrogens (primary N) is 1. The first kappa shape index (κ1) is 17.2. The average Bonchev–Trinajstić information content (AvgIpc) is 3.01. The molecular formula is C16H18IN3O3. The fourth-order valence-electron chi connectivity index (χ4n) is 2.14. The molecule has 0 unspecified atom stereocenters. The van der Waals surface area contributed by atoms with Gasteiger partial charge in [0.15, 0.2) is 17.5 Å². The van der Waals surface area contributed by atoms with Crippen LogP contribution in [0.2, 0.25) is 0 Å². The SMILES string of the molecule is COc1ccccc1NC(N)=NCc1ccc2c(c1)OCO2.I. The number of halogens is 1. The number of nitrogens with one attached hydrogen (secondary N) is 1. The third kappa shape index (κ3) is 4.19. The Morgan fingerprint density at radius 1 is 1.22 bits per heavy atom. The molecule has 0 bridgehead atoms. The van der Waals surface area contributed by atoms with Crippen LogP contribution in [0.5, 0.6) is 17.2 Å². The van der Waals surface area contributed by atoms with Crippen molar-refractivity contribution in [2.24, 2.45) is 10.7 Å². The fourth-order valence-corrected chi connectivity index (χ4v) is 2.14. The van der Waals surface area contributed by atoms with Crippen LogP contribution in [0.3, 0.4) is 0 Å². The van der Waals surface area contributed by atoms with Crippen LogP contribution < -0.4 is 25.3 Å². The molecule has 0 fully saturated rings. The molecule has 0 aromatic heterocycles. The van der Waals surface area contributed by atoms with Gasteiger partial charge < -0.3 is 25.3 Å². The Balaban J connectivity index is 0.00000192. The lowest BCUT2D eigenvalue weighted by atomic mass is 10.2. The molecule has 0 saturated carbocycles. The number of hydrogen-bond acceptors (Lipinski definition) is 4. The van der Waals surface area contributed by atoms with E-state index in [9.17, 15) is 0 Å². The standard InChI is InChI=1S/C16H17N3O3.HI/c1-20-13-5-3-2-4-12(13)19-16(17)18-9-11-6-7-14-15(8-11)22-10-21-14;/h2-8H,9-10H2,1H3,(H3,17,18,19);1H. The molecule has 0 amide bonds. The summed E-state index contributed by atoms with van der Waals surface area (Å²) in [5, 5.41) is 3.03. The molecule has 0 radical (unpaired) electrons. The van der Waals surface area contributed by atoms with E-state index < -0.39 is 0 Å². The highest BCUT2D eigenvalue weighted by Gasteiger charge is 2.12. The lowest BCUT2D eigenvalue weighted by molar-refractivity contribution is 0.174. The summed E-state index contributed by atoms with van der Waals surface area (Å²) in [5.41, 5.74) is 7.69. The molecule has 7 heteroatoms. The van der Waals surface area contributed by atoms with E-state index in [-0.39, 0.29) is 30.8 Å². The molecule has 2 aromatic rings. The Kier molecular flexibility index (Phi) is 5.91. The highest BCUT2D eigenvalue weighted by atomic mass is 127. The molecule has 0 aliphatic carbocycles. The minimum atomic E-state index is 0. The fraction of sp³-hybridized carbons (Fsp3) is 0.188. The number of benzene rings is 2. The largest absolute Gasteiger partial charge is 0.495 e. The van der Waals surface area contributed by atoms with Crippen LogP contribution in [-0.4, -0.2) is 19.9 Å². The molecular weight excluding hydrogens is 409 g/mol. The normalized spacial score (nSPS) is 12.5. The summed E-state index contributed by atoms with van der Waals surface area (Å²) in [6.07, 6.45) is 0. The molecule has 3 N–H and O–H groups in total. The molecule has 0 spiro atoms. The van der Waals surface area contributed by atoms with Gasteiger partial charge in [-0.3, -0.25) is 0 Å². The van der Waals surface area contributed by atoms with Crippen molar-refractivity contribution in [2.75, 3.05) is 19.2 Å². The van der Waals surface area contributed by atoms with Crippen LogP contribution in [0.15, 0.2) is 47.5 Å². The predicted octanol–water partition coefficient (Wildman–Crippen LogP) is 2.97. The number of aliphatic imine (C=N–C) groups is 1. The van der Waals surface area contributed by atoms with E-state index in [1.54, 1.807) is 7.11 Å². The first-order chi connectivity index (χ1) is 10.8. The lowest BCUT2D eigenvalue weighted by Crippen LogP contribution is -2.22. The van der Waals surface area contributed by atoms with Gasteiger partial charge in [0, 0.05) is 0 Å². The summed E-state index contributed by atoms with van der Waals surface area (Å²) in [6, 6.07) is 13.2. The Bertz CT molecular complexity index is 707. The smallest absolute Gasteiger partial charge is 0.231 e. The molecule has 0 atom stereocenters. The summed E-state index contributed by atoms with van der Waals surface area (Å²) < 4.78 is 15.9. The molecule has 23 heavy (non-hydrogen) atoms. The van der Waals surface area contributed by atoms with E-state index in [1.165, 1.54) is 0 Å². The van der Waals surface area contributed by atoms with Crippen molar-refractivity contribution in [1.29, 1.82) is 0 Å². The predicted molar refractivity (Wildman–Crippen MR) is 99.9 cm³/mol. The highest BCUT2D eigenvalue weighted by molar-refractivity contribution is 14.0. The summed E-state index contributed by atoms with van der Waals surface area (Å²) in [7, 11) is 1.61. The van der Waals surface area contributed by atoms with Crippen LogP contribution in [0.4, 0.5) is 5.69 Å². The van der Waals surface area contributed by atoms with Gasteiger partial charge in [-0.15, -0.1) is 24.0 Å². The first-order valence-corrected chi connectivity index (χ1v) is 6.85. The van der Waals surface area contributed by atoms with Gasteiger partial charge in [-0.2, -0.15) is 0 Å². The van der Waals surface area contributed by atoms with Gasteiger partial charge in [0.05, 0.1) is 19.3 Å². The minimum Gasteiger partial charge on any atom is -0.495 e. The minimum absolute atomic E-state index is 0. The quantitative estimate of drug-likeness (QED) is 0.446. The van der Waals surface area contributed by atoms with Crippen molar-refractivity contribution < 1.29 is 14.2 Å². The number of fused-ring (bicyclic) bond motifs is 1. The number of hydrogen-bond donors (Lipinski definition) is 2. The van der Waals surface area contributed by atoms with Gasteiger partial charge in [0.25, 0.3) is 0 Å². The van der Waals surface area contributed by atoms with Crippen molar-refractivity contribution >= 4 is 35.6 Å². The Hall–Kier alpha value is -2.16. The van der Waals surface area contributed by atoms with Gasteiger partial charge in [0.2, 0.25) is 6.79 Å². The van der Waals surface area contributed by atoms with Crippen molar-refractivity contribution in [3.8, 4) is 17.2 Å². The number of methoxy groups -OCH3 is 1. The second-order valence-corrected chi connectivity index (χ2v) is 4.71. The van der Waals surface area contributed by atoms with Gasteiger partial charge in [-0.1, -0.05) is 18.2 Å². The maximum absolute atomic E-state index is 5.92. The maximum atomic E-state index is 5.92. The number of guanidine groups is 1. The molecule has 1 heterocycles. The Morgan fingerprint density at radius 2 is 2.00 bits per heavy atom. The van der Waals surface area contributed by atoms with Gasteiger partial charge in [0.1, 0.15) is 5.75 Å². The van der Waals surface area contributed by atoms with E-state index >= 15 is 0 Å². The third-order valence-corrected chi connectivity index (χ3v) is 3.24. The Morgan fingerprint density at radius 3 is 2.83 bits per heavy atom. The molecule has 0 saturated heterocycles. The molecule has 122 valence electrons. The van der Waals surface area contributed by atoms with Crippen LogP contribution in [-0.2, 0) is 6.54 Å². The van der Waals surface area contributed by atoms with Crippen molar-refractivity contribution in [3.05, 3.63) is 48.0 Å². The number of ether oxygens (including phenoxy) is 3. The average molecular weight is 427 g/mol. The summed E-state index contributed by atoms with van der Waals surface area (Å²) in [5.74, 6) is 2.53. The molecule has 1 aliphatic rings. The number of nitrogens with zero attached hydrogens (tertiary/aromatic N) is 1. The second-order valence-electron chi connectivity index (χ2n) is 4.71. The van der Waals surface area contributed by atoms with E-state index in [2.05, 4.69) is 10.3 Å². The van der Waals surface area contributed by atoms with Crippen LogP contribution >= 0.6 is 24.0 Å². The van der Waals surface area contributed by atoms with Crippen molar-refractivity contribution in [2.45, 2.75) is 6.54 Å². The molecule has 3 rings (SSSR count). The molecule has 6 nitrogen and oxygen atoms in total. The monoisotopic (exact) mass is 427 g/mol. The highest BCUT2D eigenvalue weighted by Crippen LogP contribution is 2.32. The molecule has 1 aliphatic heterocycles. The Labute approximate surface area is 151 Å². The zero-order chi connectivity index (χ0) is 15.4. The maximum Gasteiger partial charge on any atom is 0.231 e. The number of para-hydroxylation sites is 2. The van der Waals surface area contributed by atoms with Gasteiger partial charge in [-0.05, 0) is 29.8 Å². The van der Waals surface area contributed by atoms with E-state index in [0.717, 1.165) is 22.7 Å². The molecule has 2 aromatic carbocycles. The van der Waals surface area contributed by atoms with Crippen molar-refractivity contribution in [3.63, 3.8) is 0 Å². The van der Waals surface area contributed by atoms with E-state index in [1.807, 2.05) is 42.5 Å². The zero-order valence-electron chi connectivity index (χ0n) is 12.6. The summed E-state index contributed by atoms with van der Waals surface area (Å²) in [6.45, 7) is 0.712. The first-order valence-electron chi connectivity index (χ1n) is 6.85. The van der Waals surface area contributed by atoms with E-state index in [4.69, 9.17) is 19.9 Å². The van der Waals surface area contributed by atoms with E-state index in [0.29, 0.717) is 18.3 Å². The van der Waals surface area contributed by atoms with Gasteiger partial charge in [-0.25, -0.2) is 4.99 Å². The topological polar surface area (TPSA) is 78.1 Å². The number of rotatable bonds is 4. The summed E-state index contributed by atoms with van der Waals surface area (Å²) >= 11 is 0. The second kappa shape index (κ2) is 7.91. The zero-order valence-corrected chi connectivity index (χ0v) is 14.9. The number of anilines is 1. The van der Waals surface area contributed by atoms with Crippen LogP contribution in [0.25, 0.3) is 0 Å². The van der Waals surface area contributed by atoms with Gasteiger partial charge >= 0.3 is 0 Å². The lowest BCUT2D eigenvalue weighted by Gasteiger charge is -2.10. The van der Waals surface area contributed by atoms with Crippen LogP contribution in [0.1, 0.15) is 5.56 Å². The van der Waals surface area contributed by atoms with Crippen molar-refractivity contribution in [1.82, 2.24) is 0 Å². The summed E-state index contributed by atoms with van der Waals surface area (Å²) in [4.78, 5) is 4.32. The third-order valence-electron chi connectivity index (χ3n) is 3.24. The van der Waals surface area contributed by atoms with Crippen LogP contribution in [0, 0.1) is 0 Å².